The second-order valence-electron chi connectivity index (χ2n) is 6.71. The van der Waals surface area contributed by atoms with Crippen molar-refractivity contribution in [2.75, 3.05) is 5.75 Å². The number of nitrogens with one attached hydrogen (secondary N) is 1. The van der Waals surface area contributed by atoms with E-state index >= 15 is 0 Å². The van der Waals surface area contributed by atoms with Gasteiger partial charge < -0.3 is 9.88 Å². The largest absolute Gasteiger partial charge is 0.353 e. The lowest BCUT2D eigenvalue weighted by atomic mass is 9.92. The lowest BCUT2D eigenvalue weighted by Crippen LogP contribution is -2.34. The van der Waals surface area contributed by atoms with Crippen LogP contribution in [0, 0.1) is 5.41 Å². The van der Waals surface area contributed by atoms with E-state index in [1.807, 2.05) is 0 Å². The number of hydrogen-bond donors (Lipinski definition) is 1. The summed E-state index contributed by atoms with van der Waals surface area (Å²) in [4.78, 5) is 12.0. The van der Waals surface area contributed by atoms with Gasteiger partial charge in [0.25, 0.3) is 0 Å². The maximum Gasteiger partial charge on any atom is 0.230 e. The monoisotopic (exact) mass is 294 g/mol. The van der Waals surface area contributed by atoms with Crippen molar-refractivity contribution in [2.24, 2.45) is 5.41 Å². The highest BCUT2D eigenvalue weighted by Gasteiger charge is 2.31. The number of aromatic nitrogens is 3. The molecule has 0 spiro atoms. The molecule has 1 heterocycles. The van der Waals surface area contributed by atoms with Crippen LogP contribution in [-0.2, 0) is 4.79 Å². The van der Waals surface area contributed by atoms with Gasteiger partial charge in [0.15, 0.2) is 5.16 Å². The zero-order valence-corrected chi connectivity index (χ0v) is 12.9. The van der Waals surface area contributed by atoms with Crippen LogP contribution in [-0.4, -0.2) is 32.5 Å². The van der Waals surface area contributed by atoms with E-state index in [2.05, 4.69) is 33.9 Å². The molecular formula is C14H22N4OS. The molecule has 1 aromatic rings. The third-order valence-electron chi connectivity index (χ3n) is 4.15. The van der Waals surface area contributed by atoms with Gasteiger partial charge in [0.05, 0.1) is 5.75 Å². The molecule has 5 nitrogen and oxygen atoms in total. The molecule has 6 heteroatoms. The quantitative estimate of drug-likeness (QED) is 0.847. The van der Waals surface area contributed by atoms with Crippen molar-refractivity contribution in [2.45, 2.75) is 63.2 Å². The molecule has 1 N–H and O–H groups in total. The van der Waals surface area contributed by atoms with Crippen molar-refractivity contribution in [3.63, 3.8) is 0 Å². The fourth-order valence-corrected chi connectivity index (χ4v) is 3.69. The molecular weight excluding hydrogens is 272 g/mol. The Morgan fingerprint density at radius 3 is 2.95 bits per heavy atom. The van der Waals surface area contributed by atoms with Crippen molar-refractivity contribution >= 4 is 17.7 Å². The van der Waals surface area contributed by atoms with Crippen molar-refractivity contribution in [3.8, 4) is 0 Å². The van der Waals surface area contributed by atoms with Gasteiger partial charge in [-0.1, -0.05) is 25.6 Å². The predicted octanol–water partition coefficient (Wildman–Crippen LogP) is 2.40. The first-order chi connectivity index (χ1) is 9.53. The number of thioether (sulfide) groups is 1. The average molecular weight is 294 g/mol. The number of amides is 1. The van der Waals surface area contributed by atoms with E-state index in [0.29, 0.717) is 23.3 Å². The number of nitrogens with zero attached hydrogens (tertiary/aromatic N) is 3. The fraction of sp³-hybridized carbons (Fsp3) is 0.786. The Labute approximate surface area is 123 Å². The summed E-state index contributed by atoms with van der Waals surface area (Å²) >= 11 is 1.49. The molecule has 2 saturated carbocycles. The summed E-state index contributed by atoms with van der Waals surface area (Å²) in [6.45, 7) is 4.54. The molecule has 1 unspecified atom stereocenters. The van der Waals surface area contributed by atoms with Gasteiger partial charge >= 0.3 is 0 Å². The van der Waals surface area contributed by atoms with Crippen molar-refractivity contribution in [1.29, 1.82) is 0 Å². The predicted molar refractivity (Wildman–Crippen MR) is 78.6 cm³/mol. The van der Waals surface area contributed by atoms with E-state index in [1.165, 1.54) is 31.0 Å². The Bertz CT molecular complexity index is 495. The van der Waals surface area contributed by atoms with E-state index in [0.717, 1.165) is 18.0 Å². The van der Waals surface area contributed by atoms with E-state index in [9.17, 15) is 4.79 Å². The van der Waals surface area contributed by atoms with Crippen LogP contribution in [0.2, 0.25) is 0 Å². The molecule has 2 fully saturated rings. The molecule has 2 aliphatic rings. The van der Waals surface area contributed by atoms with Crippen LogP contribution in [0.5, 0.6) is 0 Å². The molecule has 3 rings (SSSR count). The topological polar surface area (TPSA) is 59.8 Å². The van der Waals surface area contributed by atoms with Gasteiger partial charge in [0.1, 0.15) is 6.33 Å². The van der Waals surface area contributed by atoms with Crippen molar-refractivity contribution < 1.29 is 4.79 Å². The normalized spacial score (nSPS) is 24.8. The summed E-state index contributed by atoms with van der Waals surface area (Å²) in [5.41, 5.74) is 0.372. The average Bonchev–Trinajstić information content (AvgIpc) is 3.02. The number of hydrogen-bond acceptors (Lipinski definition) is 4. The van der Waals surface area contributed by atoms with Gasteiger partial charge in [-0.2, -0.15) is 0 Å². The van der Waals surface area contributed by atoms with Gasteiger partial charge in [0, 0.05) is 12.1 Å². The van der Waals surface area contributed by atoms with Gasteiger partial charge in [-0.15, -0.1) is 10.2 Å². The Morgan fingerprint density at radius 2 is 2.30 bits per heavy atom. The minimum absolute atomic E-state index is 0.114. The van der Waals surface area contributed by atoms with Crippen LogP contribution in [0.25, 0.3) is 0 Å². The molecule has 0 saturated heterocycles. The van der Waals surface area contributed by atoms with Crippen molar-refractivity contribution in [3.05, 3.63) is 6.33 Å². The summed E-state index contributed by atoms with van der Waals surface area (Å²) in [6, 6.07) is 0.908. The standard InChI is InChI=1S/C14H22N4OS/c1-14(2)6-5-10(7-14)16-12(19)8-20-13-17-15-9-18(13)11-3-4-11/h9-11H,3-8H2,1-2H3,(H,16,19). The molecule has 1 aromatic heterocycles. The van der Waals surface area contributed by atoms with E-state index in [-0.39, 0.29) is 5.91 Å². The third-order valence-corrected chi connectivity index (χ3v) is 5.10. The van der Waals surface area contributed by atoms with Gasteiger partial charge in [-0.25, -0.2) is 0 Å². The zero-order chi connectivity index (χ0) is 14.2. The summed E-state index contributed by atoms with van der Waals surface area (Å²) in [7, 11) is 0. The van der Waals surface area contributed by atoms with E-state index in [4.69, 9.17) is 0 Å². The van der Waals surface area contributed by atoms with Crippen LogP contribution in [0.15, 0.2) is 11.5 Å². The van der Waals surface area contributed by atoms with Gasteiger partial charge in [-0.3, -0.25) is 4.79 Å². The molecule has 0 radical (unpaired) electrons. The smallest absolute Gasteiger partial charge is 0.230 e. The molecule has 0 aliphatic heterocycles. The molecule has 2 aliphatic carbocycles. The SMILES string of the molecule is CC1(C)CCC(NC(=O)CSc2nncn2C2CC2)C1. The Hall–Kier alpha value is -1.04. The minimum atomic E-state index is 0.114. The number of carbonyl (C=O) groups is 1. The molecule has 0 aromatic carbocycles. The van der Waals surface area contributed by atoms with Crippen LogP contribution in [0.4, 0.5) is 0 Å². The highest BCUT2D eigenvalue weighted by Crippen LogP contribution is 2.38. The second kappa shape index (κ2) is 5.39. The first-order valence-electron chi connectivity index (χ1n) is 7.35. The maximum atomic E-state index is 12.0. The van der Waals surface area contributed by atoms with Gasteiger partial charge in [0.2, 0.25) is 5.91 Å². The van der Waals surface area contributed by atoms with E-state index < -0.39 is 0 Å². The molecule has 110 valence electrons. The lowest BCUT2D eigenvalue weighted by molar-refractivity contribution is -0.119. The zero-order valence-electron chi connectivity index (χ0n) is 12.1. The lowest BCUT2D eigenvalue weighted by Gasteiger charge is -2.17. The van der Waals surface area contributed by atoms with Crippen LogP contribution in [0.1, 0.15) is 52.0 Å². The molecule has 1 amide bonds. The Kier molecular flexibility index (Phi) is 3.75. The highest BCUT2D eigenvalue weighted by atomic mass is 32.2. The number of rotatable bonds is 5. The first kappa shape index (κ1) is 13.9. The van der Waals surface area contributed by atoms with Crippen LogP contribution < -0.4 is 5.32 Å². The van der Waals surface area contributed by atoms with Gasteiger partial charge in [-0.05, 0) is 37.5 Å². The minimum Gasteiger partial charge on any atom is -0.353 e. The third kappa shape index (κ3) is 3.34. The van der Waals surface area contributed by atoms with E-state index in [1.54, 1.807) is 6.33 Å². The Balaban J connectivity index is 1.46. The summed E-state index contributed by atoms with van der Waals surface area (Å²) in [6.07, 6.45) is 7.56. The van der Waals surface area contributed by atoms with Crippen LogP contribution in [0.3, 0.4) is 0 Å². The maximum absolute atomic E-state index is 12.0. The first-order valence-corrected chi connectivity index (χ1v) is 8.34. The molecule has 1 atom stereocenters. The van der Waals surface area contributed by atoms with Crippen molar-refractivity contribution in [1.82, 2.24) is 20.1 Å². The Morgan fingerprint density at radius 1 is 1.50 bits per heavy atom. The summed E-state index contributed by atoms with van der Waals surface area (Å²) in [5.74, 6) is 0.547. The fourth-order valence-electron chi connectivity index (χ4n) is 2.90. The second-order valence-corrected chi connectivity index (χ2v) is 7.65. The van der Waals surface area contributed by atoms with Crippen LogP contribution >= 0.6 is 11.8 Å². The number of carbonyl (C=O) groups excluding carboxylic acids is 1. The highest BCUT2D eigenvalue weighted by molar-refractivity contribution is 7.99. The summed E-state index contributed by atoms with van der Waals surface area (Å²) in [5, 5.41) is 12.1. The summed E-state index contributed by atoms with van der Waals surface area (Å²) < 4.78 is 2.09. The molecule has 20 heavy (non-hydrogen) atoms. The molecule has 0 bridgehead atoms.